The van der Waals surface area contributed by atoms with Crippen molar-refractivity contribution in [1.82, 2.24) is 0 Å². The molecule has 2 heteroatoms. The summed E-state index contributed by atoms with van der Waals surface area (Å²) in [6.45, 7) is 5.99. The zero-order valence-electron chi connectivity index (χ0n) is 8.37. The van der Waals surface area contributed by atoms with Gasteiger partial charge in [0.1, 0.15) is 0 Å². The van der Waals surface area contributed by atoms with Gasteiger partial charge in [-0.3, -0.25) is 0 Å². The standard InChI is InChI=1S/C8H14F2.C2H6/c1-2-7-4-3-5-8(9,10)6-7;1-2/h7H,2-6H2,1H3;1-2H3. The molecular weight excluding hydrogens is 158 g/mol. The van der Waals surface area contributed by atoms with Gasteiger partial charge in [-0.2, -0.15) is 0 Å². The van der Waals surface area contributed by atoms with Crippen molar-refractivity contribution in [3.05, 3.63) is 0 Å². The molecule has 1 saturated carbocycles. The topological polar surface area (TPSA) is 0 Å². The van der Waals surface area contributed by atoms with Gasteiger partial charge in [0.25, 0.3) is 0 Å². The Hall–Kier alpha value is -0.140. The monoisotopic (exact) mass is 178 g/mol. The first-order chi connectivity index (χ1) is 5.64. The molecule has 12 heavy (non-hydrogen) atoms. The summed E-state index contributed by atoms with van der Waals surface area (Å²) in [5.74, 6) is -2.07. The van der Waals surface area contributed by atoms with Crippen LogP contribution in [0.2, 0.25) is 0 Å². The number of halogens is 2. The SMILES string of the molecule is CC.CCC1CCCC(F)(F)C1. The van der Waals surface area contributed by atoms with Gasteiger partial charge in [0, 0.05) is 12.8 Å². The Morgan fingerprint density at radius 3 is 2.25 bits per heavy atom. The van der Waals surface area contributed by atoms with Crippen LogP contribution >= 0.6 is 0 Å². The average Bonchev–Trinajstić information content (AvgIpc) is 2.06. The fraction of sp³-hybridized carbons (Fsp3) is 1.00. The summed E-state index contributed by atoms with van der Waals surface area (Å²) >= 11 is 0. The van der Waals surface area contributed by atoms with E-state index in [9.17, 15) is 8.78 Å². The first-order valence-corrected chi connectivity index (χ1v) is 5.02. The van der Waals surface area contributed by atoms with Crippen LogP contribution < -0.4 is 0 Å². The van der Waals surface area contributed by atoms with E-state index in [1.165, 1.54) is 0 Å². The van der Waals surface area contributed by atoms with E-state index >= 15 is 0 Å². The highest BCUT2D eigenvalue weighted by Gasteiger charge is 2.35. The zero-order chi connectivity index (χ0) is 9.61. The van der Waals surface area contributed by atoms with E-state index in [1.807, 2.05) is 20.8 Å². The fourth-order valence-electron chi connectivity index (χ4n) is 1.62. The maximum atomic E-state index is 12.6. The molecule has 0 heterocycles. The van der Waals surface area contributed by atoms with Crippen LogP contribution in [0.15, 0.2) is 0 Å². The van der Waals surface area contributed by atoms with Crippen LogP contribution in [0.4, 0.5) is 8.78 Å². The lowest BCUT2D eigenvalue weighted by Crippen LogP contribution is -2.25. The summed E-state index contributed by atoms with van der Waals surface area (Å²) < 4.78 is 25.3. The molecule has 0 N–H and O–H groups in total. The van der Waals surface area contributed by atoms with Gasteiger partial charge in [-0.25, -0.2) is 8.78 Å². The Morgan fingerprint density at radius 2 is 1.92 bits per heavy atom. The van der Waals surface area contributed by atoms with Crippen molar-refractivity contribution in [3.63, 3.8) is 0 Å². The third kappa shape index (κ3) is 4.03. The molecule has 0 aromatic carbocycles. The maximum absolute atomic E-state index is 12.6. The van der Waals surface area contributed by atoms with Crippen LogP contribution in [-0.2, 0) is 0 Å². The molecule has 0 aliphatic heterocycles. The summed E-state index contributed by atoms with van der Waals surface area (Å²) in [5, 5.41) is 0. The zero-order valence-corrected chi connectivity index (χ0v) is 8.37. The third-order valence-corrected chi connectivity index (χ3v) is 2.32. The van der Waals surface area contributed by atoms with Crippen molar-refractivity contribution in [2.75, 3.05) is 0 Å². The first-order valence-electron chi connectivity index (χ1n) is 5.02. The summed E-state index contributed by atoms with van der Waals surface area (Å²) in [6.07, 6.45) is 2.88. The number of hydrogen-bond donors (Lipinski definition) is 0. The molecular formula is C10H20F2. The lowest BCUT2D eigenvalue weighted by atomic mass is 9.85. The van der Waals surface area contributed by atoms with Gasteiger partial charge >= 0.3 is 0 Å². The summed E-state index contributed by atoms with van der Waals surface area (Å²) in [6, 6.07) is 0. The molecule has 0 amide bonds. The molecule has 1 atom stereocenters. The molecule has 1 aliphatic rings. The van der Waals surface area contributed by atoms with Gasteiger partial charge in [-0.15, -0.1) is 0 Å². The quantitative estimate of drug-likeness (QED) is 0.563. The predicted octanol–water partition coefficient (Wildman–Crippen LogP) is 4.25. The summed E-state index contributed by atoms with van der Waals surface area (Å²) in [7, 11) is 0. The van der Waals surface area contributed by atoms with Crippen LogP contribution in [0.5, 0.6) is 0 Å². The Kier molecular flexibility index (Phi) is 5.43. The van der Waals surface area contributed by atoms with E-state index in [0.717, 1.165) is 12.8 Å². The normalized spacial score (nSPS) is 27.2. The van der Waals surface area contributed by atoms with Crippen LogP contribution in [0.3, 0.4) is 0 Å². The van der Waals surface area contributed by atoms with Gasteiger partial charge in [-0.05, 0) is 12.3 Å². The second kappa shape index (κ2) is 5.50. The number of alkyl halides is 2. The van der Waals surface area contributed by atoms with E-state index in [2.05, 4.69) is 0 Å². The molecule has 1 rings (SSSR count). The van der Waals surface area contributed by atoms with Gasteiger partial charge in [0.2, 0.25) is 5.92 Å². The van der Waals surface area contributed by atoms with Gasteiger partial charge in [-0.1, -0.05) is 33.6 Å². The molecule has 1 fully saturated rings. The number of hydrogen-bond acceptors (Lipinski definition) is 0. The van der Waals surface area contributed by atoms with Crippen LogP contribution in [0, 0.1) is 5.92 Å². The molecule has 1 unspecified atom stereocenters. The highest BCUT2D eigenvalue weighted by atomic mass is 19.3. The van der Waals surface area contributed by atoms with Crippen molar-refractivity contribution >= 4 is 0 Å². The smallest absolute Gasteiger partial charge is 0.207 e. The molecule has 0 spiro atoms. The van der Waals surface area contributed by atoms with Crippen molar-refractivity contribution in [1.29, 1.82) is 0 Å². The van der Waals surface area contributed by atoms with E-state index in [-0.39, 0.29) is 18.8 Å². The molecule has 0 bridgehead atoms. The first kappa shape index (κ1) is 11.9. The van der Waals surface area contributed by atoms with Crippen molar-refractivity contribution in [2.24, 2.45) is 5.92 Å². The van der Waals surface area contributed by atoms with Crippen molar-refractivity contribution < 1.29 is 8.78 Å². The van der Waals surface area contributed by atoms with Crippen LogP contribution in [-0.4, -0.2) is 5.92 Å². The minimum Gasteiger partial charge on any atom is -0.207 e. The van der Waals surface area contributed by atoms with E-state index in [1.54, 1.807) is 0 Å². The lowest BCUT2D eigenvalue weighted by Gasteiger charge is -2.27. The fourth-order valence-corrected chi connectivity index (χ4v) is 1.62. The second-order valence-electron chi connectivity index (χ2n) is 3.23. The minimum atomic E-state index is -2.35. The van der Waals surface area contributed by atoms with E-state index in [0.29, 0.717) is 6.42 Å². The highest BCUT2D eigenvalue weighted by molar-refractivity contribution is 4.77. The molecule has 0 nitrogen and oxygen atoms in total. The van der Waals surface area contributed by atoms with Crippen molar-refractivity contribution in [2.45, 2.75) is 58.8 Å². The molecule has 74 valence electrons. The molecule has 0 aromatic rings. The van der Waals surface area contributed by atoms with Crippen LogP contribution in [0.25, 0.3) is 0 Å². The van der Waals surface area contributed by atoms with E-state index in [4.69, 9.17) is 0 Å². The lowest BCUT2D eigenvalue weighted by molar-refractivity contribution is -0.0528. The third-order valence-electron chi connectivity index (χ3n) is 2.32. The Morgan fingerprint density at radius 1 is 1.33 bits per heavy atom. The molecule has 0 saturated heterocycles. The average molecular weight is 178 g/mol. The molecule has 0 aromatic heterocycles. The molecule has 0 radical (unpaired) electrons. The minimum absolute atomic E-state index is 0.115. The van der Waals surface area contributed by atoms with E-state index < -0.39 is 5.92 Å². The number of rotatable bonds is 1. The highest BCUT2D eigenvalue weighted by Crippen LogP contribution is 2.37. The Balaban J connectivity index is 0.000000561. The Labute approximate surface area is 74.4 Å². The van der Waals surface area contributed by atoms with Crippen LogP contribution in [0.1, 0.15) is 52.9 Å². The summed E-state index contributed by atoms with van der Waals surface area (Å²) in [4.78, 5) is 0. The van der Waals surface area contributed by atoms with Crippen molar-refractivity contribution in [3.8, 4) is 0 Å². The molecule has 1 aliphatic carbocycles. The predicted molar refractivity (Wildman–Crippen MR) is 48.5 cm³/mol. The van der Waals surface area contributed by atoms with Gasteiger partial charge in [0.15, 0.2) is 0 Å². The van der Waals surface area contributed by atoms with Gasteiger partial charge in [0.05, 0.1) is 0 Å². The Bertz CT molecular complexity index is 110. The van der Waals surface area contributed by atoms with Gasteiger partial charge < -0.3 is 0 Å². The largest absolute Gasteiger partial charge is 0.248 e. The second-order valence-corrected chi connectivity index (χ2v) is 3.23. The summed E-state index contributed by atoms with van der Waals surface area (Å²) in [5.41, 5.74) is 0. The maximum Gasteiger partial charge on any atom is 0.248 e.